The molecule has 6 aliphatic rings. The molecule has 6 rings (SSSR count). The molecule has 0 aromatic heterocycles. The molecule has 4 saturated carbocycles. The van der Waals surface area contributed by atoms with Gasteiger partial charge in [0.05, 0.1) is 34.9 Å². The third-order valence-corrected chi connectivity index (χ3v) is 11.9. The van der Waals surface area contributed by atoms with Crippen LogP contribution >= 0.6 is 0 Å². The molecule has 4 N–H and O–H groups in total. The standard InChI is InChI=1S/C29H42O9/c1-16-25(33)22(31)12-24(37-16)38-18-3-8-27(15-30)20-4-7-26(2)19(17-11-23(32)36-14-17)6-10-29(26,35)21(20)5-9-28(27,34)13-18/h11,15-16,18-22,24-25,31,33-35H,3-10,12-14H2,1-2H3/t16-,18+,19-,20+,21-,22+,24+,25-,26-,27+,28+,29+/m0/s1. The average molecular weight is 535 g/mol. The molecule has 0 aromatic carbocycles. The van der Waals surface area contributed by atoms with Crippen LogP contribution in [0.4, 0.5) is 0 Å². The number of aldehydes is 1. The van der Waals surface area contributed by atoms with Gasteiger partial charge in [0.25, 0.3) is 0 Å². The maximum atomic E-state index is 12.9. The Hall–Kier alpha value is -1.36. The van der Waals surface area contributed by atoms with E-state index in [0.717, 1.165) is 31.1 Å². The van der Waals surface area contributed by atoms with E-state index in [-0.39, 0.29) is 36.2 Å². The van der Waals surface area contributed by atoms with Crippen LogP contribution in [0.25, 0.3) is 0 Å². The van der Waals surface area contributed by atoms with Gasteiger partial charge in [-0.3, -0.25) is 0 Å². The zero-order valence-electron chi connectivity index (χ0n) is 22.4. The first-order valence-corrected chi connectivity index (χ1v) is 14.4. The van der Waals surface area contributed by atoms with E-state index in [4.69, 9.17) is 14.2 Å². The van der Waals surface area contributed by atoms with Gasteiger partial charge in [-0.2, -0.15) is 0 Å². The van der Waals surface area contributed by atoms with E-state index in [0.29, 0.717) is 45.1 Å². The SMILES string of the molecule is C[C@@H]1O[C@H](O[C@@H]2CC[C@@]3(C=O)[C@@H]4CC[C@@]5(C)[C@H](C6=CC(=O)OC6)CC[C@@]5(O)[C@H]4CC[C@@]3(O)C2)C[C@@H](O)[C@H]1O. The Morgan fingerprint density at radius 2 is 1.82 bits per heavy atom. The summed E-state index contributed by atoms with van der Waals surface area (Å²) in [6.07, 6.45) is 4.50. The molecule has 0 spiro atoms. The first-order chi connectivity index (χ1) is 18.0. The molecule has 2 heterocycles. The number of aliphatic hydroxyl groups is 4. The molecule has 4 aliphatic carbocycles. The summed E-state index contributed by atoms with van der Waals surface area (Å²) in [6.45, 7) is 4.13. The number of cyclic esters (lactones) is 1. The van der Waals surface area contributed by atoms with Crippen molar-refractivity contribution in [3.8, 4) is 0 Å². The van der Waals surface area contributed by atoms with E-state index < -0.39 is 46.6 Å². The summed E-state index contributed by atoms with van der Waals surface area (Å²) >= 11 is 0. The molecular weight excluding hydrogens is 492 g/mol. The highest BCUT2D eigenvalue weighted by molar-refractivity contribution is 5.85. The Balaban J connectivity index is 1.22. The molecule has 38 heavy (non-hydrogen) atoms. The number of carbonyl (C=O) groups is 2. The number of aliphatic hydroxyl groups excluding tert-OH is 2. The number of carbonyl (C=O) groups excluding carboxylic acids is 2. The van der Waals surface area contributed by atoms with E-state index >= 15 is 0 Å². The summed E-state index contributed by atoms with van der Waals surface area (Å²) in [7, 11) is 0. The third kappa shape index (κ3) is 3.65. The van der Waals surface area contributed by atoms with Crippen LogP contribution in [0.5, 0.6) is 0 Å². The van der Waals surface area contributed by atoms with E-state index in [2.05, 4.69) is 6.92 Å². The second kappa shape index (κ2) is 9.08. The van der Waals surface area contributed by atoms with E-state index in [1.807, 2.05) is 0 Å². The van der Waals surface area contributed by atoms with E-state index in [1.165, 1.54) is 0 Å². The van der Waals surface area contributed by atoms with Crippen molar-refractivity contribution in [2.24, 2.45) is 28.6 Å². The second-order valence-electron chi connectivity index (χ2n) is 13.3. The summed E-state index contributed by atoms with van der Waals surface area (Å²) < 4.78 is 17.1. The van der Waals surface area contributed by atoms with Crippen molar-refractivity contribution >= 4 is 12.3 Å². The number of fused-ring (bicyclic) bond motifs is 5. The Morgan fingerprint density at radius 1 is 1.05 bits per heavy atom. The van der Waals surface area contributed by atoms with E-state index in [1.54, 1.807) is 13.0 Å². The minimum Gasteiger partial charge on any atom is -0.458 e. The molecule has 0 unspecified atom stereocenters. The number of esters is 1. The summed E-state index contributed by atoms with van der Waals surface area (Å²) in [5.41, 5.74) is -2.60. The Kier molecular flexibility index (Phi) is 6.41. The third-order valence-electron chi connectivity index (χ3n) is 11.9. The molecule has 212 valence electrons. The number of hydrogen-bond acceptors (Lipinski definition) is 9. The van der Waals surface area contributed by atoms with Crippen molar-refractivity contribution in [1.82, 2.24) is 0 Å². The van der Waals surface area contributed by atoms with Crippen molar-refractivity contribution in [2.45, 2.75) is 120 Å². The molecule has 0 amide bonds. The van der Waals surface area contributed by atoms with Gasteiger partial charge in [-0.1, -0.05) is 6.92 Å². The van der Waals surface area contributed by atoms with E-state index in [9.17, 15) is 30.0 Å². The molecule has 0 bridgehead atoms. The predicted octanol–water partition coefficient (Wildman–Crippen LogP) is 1.78. The summed E-state index contributed by atoms with van der Waals surface area (Å²) in [5.74, 6) is -0.473. The lowest BCUT2D eigenvalue weighted by atomic mass is 9.41. The summed E-state index contributed by atoms with van der Waals surface area (Å²) in [4.78, 5) is 24.7. The highest BCUT2D eigenvalue weighted by atomic mass is 16.7. The number of ether oxygens (including phenoxy) is 3. The smallest absolute Gasteiger partial charge is 0.331 e. The quantitative estimate of drug-likeness (QED) is 0.241. The van der Waals surface area contributed by atoms with Gasteiger partial charge in [-0.15, -0.1) is 0 Å². The number of hydrogen-bond donors (Lipinski definition) is 4. The topological polar surface area (TPSA) is 143 Å². The van der Waals surface area contributed by atoms with Gasteiger partial charge in [-0.05, 0) is 81.6 Å². The Labute approximate surface area is 223 Å². The van der Waals surface area contributed by atoms with Crippen LogP contribution in [-0.4, -0.2) is 81.2 Å². The van der Waals surface area contributed by atoms with Gasteiger partial charge in [0.1, 0.15) is 19.0 Å². The molecule has 5 fully saturated rings. The predicted molar refractivity (Wildman–Crippen MR) is 133 cm³/mol. The molecule has 2 aliphatic heterocycles. The fourth-order valence-electron chi connectivity index (χ4n) is 9.76. The van der Waals surface area contributed by atoms with Crippen molar-refractivity contribution < 1.29 is 44.2 Å². The van der Waals surface area contributed by atoms with Crippen LogP contribution in [0, 0.1) is 28.6 Å². The first-order valence-electron chi connectivity index (χ1n) is 14.4. The van der Waals surface area contributed by atoms with Crippen molar-refractivity contribution in [1.29, 1.82) is 0 Å². The van der Waals surface area contributed by atoms with Crippen molar-refractivity contribution in [3.05, 3.63) is 11.6 Å². The van der Waals surface area contributed by atoms with Crippen LogP contribution in [0.1, 0.15) is 78.1 Å². The van der Waals surface area contributed by atoms with Gasteiger partial charge in [0, 0.05) is 24.3 Å². The molecular formula is C29H42O9. The molecule has 9 nitrogen and oxygen atoms in total. The maximum absolute atomic E-state index is 12.9. The highest BCUT2D eigenvalue weighted by Gasteiger charge is 2.71. The number of rotatable bonds is 4. The van der Waals surface area contributed by atoms with Crippen LogP contribution in [0.2, 0.25) is 0 Å². The largest absolute Gasteiger partial charge is 0.458 e. The maximum Gasteiger partial charge on any atom is 0.331 e. The lowest BCUT2D eigenvalue weighted by Gasteiger charge is -2.65. The fourth-order valence-corrected chi connectivity index (χ4v) is 9.76. The zero-order chi connectivity index (χ0) is 27.1. The lowest BCUT2D eigenvalue weighted by Crippen LogP contribution is -2.69. The first kappa shape index (κ1) is 26.8. The van der Waals surface area contributed by atoms with Gasteiger partial charge in [-0.25, -0.2) is 4.79 Å². The minimum atomic E-state index is -1.24. The highest BCUT2D eigenvalue weighted by Crippen LogP contribution is 2.70. The van der Waals surface area contributed by atoms with Crippen LogP contribution in [-0.2, 0) is 23.8 Å². The minimum absolute atomic E-state index is 0.0729. The molecule has 0 radical (unpaired) electrons. The molecule has 12 atom stereocenters. The van der Waals surface area contributed by atoms with Gasteiger partial charge in [0.2, 0.25) is 0 Å². The van der Waals surface area contributed by atoms with Gasteiger partial charge < -0.3 is 39.4 Å². The summed E-state index contributed by atoms with van der Waals surface area (Å²) in [5, 5.41) is 44.6. The molecule has 1 saturated heterocycles. The zero-order valence-corrected chi connectivity index (χ0v) is 22.4. The van der Waals surface area contributed by atoms with Crippen molar-refractivity contribution in [3.63, 3.8) is 0 Å². The van der Waals surface area contributed by atoms with Crippen LogP contribution < -0.4 is 0 Å². The molecule has 9 heteroatoms. The molecule has 0 aromatic rings. The van der Waals surface area contributed by atoms with Crippen molar-refractivity contribution in [2.75, 3.05) is 6.61 Å². The van der Waals surface area contributed by atoms with Gasteiger partial charge >= 0.3 is 5.97 Å². The average Bonchev–Trinajstić information content (AvgIpc) is 3.41. The Bertz CT molecular complexity index is 1000. The van der Waals surface area contributed by atoms with Crippen LogP contribution in [0.3, 0.4) is 0 Å². The summed E-state index contributed by atoms with van der Waals surface area (Å²) in [6, 6.07) is 0. The fraction of sp³-hybridized carbons (Fsp3) is 0.862. The lowest BCUT2D eigenvalue weighted by molar-refractivity contribution is -0.286. The van der Waals surface area contributed by atoms with Gasteiger partial charge in [0.15, 0.2) is 6.29 Å². The second-order valence-corrected chi connectivity index (χ2v) is 13.3. The monoisotopic (exact) mass is 534 g/mol. The van der Waals surface area contributed by atoms with Crippen LogP contribution in [0.15, 0.2) is 11.6 Å². The normalized spacial score (nSPS) is 54.4. The Morgan fingerprint density at radius 3 is 2.50 bits per heavy atom.